The summed E-state index contributed by atoms with van der Waals surface area (Å²) in [7, 11) is -3.53. The molecule has 2 aliphatic heterocycles. The maximum Gasteiger partial charge on any atom is 0.317 e. The van der Waals surface area contributed by atoms with E-state index in [1.54, 1.807) is 4.90 Å². The van der Waals surface area contributed by atoms with Gasteiger partial charge < -0.3 is 10.2 Å². The van der Waals surface area contributed by atoms with Crippen LogP contribution < -0.4 is 5.32 Å². The zero-order valence-corrected chi connectivity index (χ0v) is 10.4. The third-order valence-electron chi connectivity index (χ3n) is 3.29. The number of carbonyl (C=O) groups is 1. The summed E-state index contributed by atoms with van der Waals surface area (Å²) in [5, 5.41) is 8.93. The van der Waals surface area contributed by atoms with Crippen molar-refractivity contribution in [2.45, 2.75) is 11.1 Å². The predicted octanol–water partition coefficient (Wildman–Crippen LogP) is -1.19. The minimum Gasteiger partial charge on any atom is -0.336 e. The van der Waals surface area contributed by atoms with Gasteiger partial charge in [-0.05, 0) is 6.07 Å². The minimum absolute atomic E-state index is 0.0797. The van der Waals surface area contributed by atoms with Gasteiger partial charge in [0.15, 0.2) is 5.03 Å². The Kier molecular flexibility index (Phi) is 2.52. The monoisotopic (exact) mass is 271 g/mol. The highest BCUT2D eigenvalue weighted by Gasteiger charge is 2.39. The van der Waals surface area contributed by atoms with Crippen molar-refractivity contribution in [1.29, 1.82) is 0 Å². The summed E-state index contributed by atoms with van der Waals surface area (Å²) in [4.78, 5) is 13.1. The smallest absolute Gasteiger partial charge is 0.317 e. The summed E-state index contributed by atoms with van der Waals surface area (Å²) in [6, 6.07) is 1.24. The zero-order chi connectivity index (χ0) is 12.8. The molecule has 0 aliphatic carbocycles. The Labute approximate surface area is 104 Å². The van der Waals surface area contributed by atoms with Crippen LogP contribution in [0.5, 0.6) is 0 Å². The number of fused-ring (bicyclic) bond motifs is 1. The first kappa shape index (κ1) is 11.5. The van der Waals surface area contributed by atoms with Crippen LogP contribution >= 0.6 is 0 Å². The fraction of sp³-hybridized carbons (Fsp3) is 0.556. The predicted molar refractivity (Wildman–Crippen MR) is 61.2 cm³/mol. The fourth-order valence-electron chi connectivity index (χ4n) is 2.32. The third kappa shape index (κ3) is 1.66. The molecule has 1 atom stereocenters. The van der Waals surface area contributed by atoms with Gasteiger partial charge in [0.05, 0.1) is 12.2 Å². The summed E-state index contributed by atoms with van der Waals surface area (Å²) in [6.45, 7) is 1.54. The molecule has 0 aromatic carbocycles. The highest BCUT2D eigenvalue weighted by Crippen LogP contribution is 2.20. The second kappa shape index (κ2) is 3.95. The van der Waals surface area contributed by atoms with Gasteiger partial charge in [-0.25, -0.2) is 13.2 Å². The van der Waals surface area contributed by atoms with Crippen LogP contribution in [0.4, 0.5) is 4.79 Å². The summed E-state index contributed by atoms with van der Waals surface area (Å²) >= 11 is 0. The van der Waals surface area contributed by atoms with E-state index in [0.717, 1.165) is 0 Å². The molecule has 2 N–H and O–H groups in total. The number of H-pyrrole nitrogens is 1. The molecular weight excluding hydrogens is 258 g/mol. The van der Waals surface area contributed by atoms with Gasteiger partial charge in [0.25, 0.3) is 10.0 Å². The van der Waals surface area contributed by atoms with Gasteiger partial charge in [0.1, 0.15) is 0 Å². The SMILES string of the molecule is O=C1NCC2CN(S(=O)(=O)c3ccn[nH]3)CCN12. The Morgan fingerprint density at radius 3 is 2.94 bits per heavy atom. The number of sulfonamides is 1. The highest BCUT2D eigenvalue weighted by molar-refractivity contribution is 7.89. The van der Waals surface area contributed by atoms with Crippen molar-refractivity contribution in [3.8, 4) is 0 Å². The summed E-state index contributed by atoms with van der Waals surface area (Å²) in [5.74, 6) is 0. The van der Waals surface area contributed by atoms with Crippen molar-refractivity contribution >= 4 is 16.1 Å². The van der Waals surface area contributed by atoms with Crippen LogP contribution in [0.25, 0.3) is 0 Å². The van der Waals surface area contributed by atoms with Crippen molar-refractivity contribution in [3.05, 3.63) is 12.3 Å². The summed E-state index contributed by atoms with van der Waals surface area (Å²) < 4.78 is 25.9. The van der Waals surface area contributed by atoms with Gasteiger partial charge >= 0.3 is 6.03 Å². The molecule has 2 saturated heterocycles. The molecule has 2 aliphatic rings. The number of aromatic nitrogens is 2. The number of rotatable bonds is 2. The van der Waals surface area contributed by atoms with E-state index in [-0.39, 0.29) is 17.1 Å². The van der Waals surface area contributed by atoms with E-state index in [2.05, 4.69) is 15.5 Å². The number of carbonyl (C=O) groups excluding carboxylic acids is 1. The number of nitrogens with zero attached hydrogens (tertiary/aromatic N) is 3. The molecule has 8 nitrogen and oxygen atoms in total. The molecule has 0 radical (unpaired) electrons. The Morgan fingerprint density at radius 2 is 2.22 bits per heavy atom. The maximum atomic E-state index is 12.2. The first-order valence-corrected chi connectivity index (χ1v) is 7.07. The number of amides is 2. The van der Waals surface area contributed by atoms with E-state index < -0.39 is 10.0 Å². The third-order valence-corrected chi connectivity index (χ3v) is 5.08. The quantitative estimate of drug-likeness (QED) is 0.706. The number of urea groups is 1. The lowest BCUT2D eigenvalue weighted by atomic mass is 10.2. The average Bonchev–Trinajstić information content (AvgIpc) is 2.99. The van der Waals surface area contributed by atoms with Crippen LogP contribution in [0, 0.1) is 0 Å². The van der Waals surface area contributed by atoms with Crippen LogP contribution in [-0.2, 0) is 10.0 Å². The molecular formula is C9H13N5O3S. The summed E-state index contributed by atoms with van der Waals surface area (Å²) in [5.41, 5.74) is 0. The molecule has 98 valence electrons. The Morgan fingerprint density at radius 1 is 1.39 bits per heavy atom. The molecule has 0 bridgehead atoms. The molecule has 18 heavy (non-hydrogen) atoms. The second-order valence-electron chi connectivity index (χ2n) is 4.32. The van der Waals surface area contributed by atoms with Crippen molar-refractivity contribution in [2.24, 2.45) is 0 Å². The number of piperazine rings is 1. The van der Waals surface area contributed by atoms with Crippen LogP contribution in [0.2, 0.25) is 0 Å². The lowest BCUT2D eigenvalue weighted by Gasteiger charge is -2.35. The molecule has 1 aromatic heterocycles. The molecule has 1 aromatic rings. The number of hydrogen-bond donors (Lipinski definition) is 2. The number of aromatic amines is 1. The lowest BCUT2D eigenvalue weighted by molar-refractivity contribution is 0.164. The Balaban J connectivity index is 1.82. The fourth-order valence-corrected chi connectivity index (χ4v) is 3.69. The molecule has 9 heteroatoms. The van der Waals surface area contributed by atoms with Gasteiger partial charge in [-0.3, -0.25) is 5.10 Å². The molecule has 3 heterocycles. The van der Waals surface area contributed by atoms with Gasteiger partial charge in [-0.1, -0.05) is 0 Å². The normalized spacial score (nSPS) is 25.0. The van der Waals surface area contributed by atoms with Crippen LogP contribution in [0.3, 0.4) is 0 Å². The summed E-state index contributed by atoms with van der Waals surface area (Å²) in [6.07, 6.45) is 1.41. The molecule has 3 rings (SSSR count). The van der Waals surface area contributed by atoms with Crippen molar-refractivity contribution in [1.82, 2.24) is 24.7 Å². The first-order valence-electron chi connectivity index (χ1n) is 5.63. The number of hydrogen-bond acceptors (Lipinski definition) is 4. The molecule has 1 unspecified atom stereocenters. The molecule has 0 saturated carbocycles. The van der Waals surface area contributed by atoms with Crippen LogP contribution in [0.15, 0.2) is 17.3 Å². The van der Waals surface area contributed by atoms with Gasteiger partial charge in [-0.15, -0.1) is 0 Å². The topological polar surface area (TPSA) is 98.4 Å². The zero-order valence-electron chi connectivity index (χ0n) is 9.54. The standard InChI is InChI=1S/C9H13N5O3S/c15-9-10-5-7-6-13(3-4-14(7)9)18(16,17)8-1-2-11-12-8/h1-2,7H,3-6H2,(H,10,15)(H,11,12). The van der Waals surface area contributed by atoms with E-state index in [4.69, 9.17) is 0 Å². The second-order valence-corrected chi connectivity index (χ2v) is 6.22. The molecule has 0 spiro atoms. The van der Waals surface area contributed by atoms with Crippen LogP contribution in [0.1, 0.15) is 0 Å². The van der Waals surface area contributed by atoms with E-state index >= 15 is 0 Å². The van der Waals surface area contributed by atoms with Crippen molar-refractivity contribution in [2.75, 3.05) is 26.2 Å². The van der Waals surface area contributed by atoms with Gasteiger partial charge in [0, 0.05) is 26.2 Å². The van der Waals surface area contributed by atoms with E-state index in [1.165, 1.54) is 16.6 Å². The molecule has 2 fully saturated rings. The average molecular weight is 271 g/mol. The molecule has 2 amide bonds. The van der Waals surface area contributed by atoms with E-state index in [1.807, 2.05) is 0 Å². The van der Waals surface area contributed by atoms with Crippen LogP contribution in [-0.4, -0.2) is 66.1 Å². The van der Waals surface area contributed by atoms with Gasteiger partial charge in [0.2, 0.25) is 0 Å². The maximum absolute atomic E-state index is 12.2. The van der Waals surface area contributed by atoms with Gasteiger partial charge in [-0.2, -0.15) is 9.40 Å². The first-order chi connectivity index (χ1) is 8.59. The lowest BCUT2D eigenvalue weighted by Crippen LogP contribution is -2.53. The number of nitrogens with one attached hydrogen (secondary N) is 2. The van der Waals surface area contributed by atoms with Crippen molar-refractivity contribution in [3.63, 3.8) is 0 Å². The highest BCUT2D eigenvalue weighted by atomic mass is 32.2. The van der Waals surface area contributed by atoms with E-state index in [9.17, 15) is 13.2 Å². The van der Waals surface area contributed by atoms with E-state index in [0.29, 0.717) is 26.2 Å². The Hall–Kier alpha value is -1.61. The largest absolute Gasteiger partial charge is 0.336 e. The Bertz CT molecular complexity index is 555. The minimum atomic E-state index is -3.53. The van der Waals surface area contributed by atoms with Crippen molar-refractivity contribution < 1.29 is 13.2 Å².